The normalized spacial score (nSPS) is 20.8. The number of benzene rings is 1. The Labute approximate surface area is 155 Å². The zero-order valence-electron chi connectivity index (χ0n) is 14.5. The Bertz CT molecular complexity index is 954. The van der Waals surface area contributed by atoms with Gasteiger partial charge in [0, 0.05) is 36.5 Å². The topological polar surface area (TPSA) is 126 Å². The molecule has 2 aliphatic heterocycles. The van der Waals surface area contributed by atoms with E-state index in [1.54, 1.807) is 30.7 Å². The standard InChI is InChI=1S/C18H19N7O2/c19-16-7-25(8-18(16)9-27-10-18)17-20-6-14(23-24-17)13-2-1-11(3-15(13)26)12-4-21-22-5-12/h1-6,16,26H,7-10,19H2,(H,21,22). The highest BCUT2D eigenvalue weighted by atomic mass is 16.5. The van der Waals surface area contributed by atoms with E-state index >= 15 is 0 Å². The lowest BCUT2D eigenvalue weighted by molar-refractivity contribution is -0.106. The Morgan fingerprint density at radius 3 is 2.70 bits per heavy atom. The summed E-state index contributed by atoms with van der Waals surface area (Å²) in [5, 5.41) is 25.6. The second-order valence-electron chi connectivity index (χ2n) is 7.20. The minimum absolute atomic E-state index is 0.0171. The van der Waals surface area contributed by atoms with Gasteiger partial charge in [-0.2, -0.15) is 5.10 Å². The molecular weight excluding hydrogens is 346 g/mol. The molecule has 2 aromatic heterocycles. The fourth-order valence-electron chi connectivity index (χ4n) is 3.69. The van der Waals surface area contributed by atoms with Crippen molar-refractivity contribution >= 4 is 5.95 Å². The molecule has 27 heavy (non-hydrogen) atoms. The first-order valence-electron chi connectivity index (χ1n) is 8.75. The summed E-state index contributed by atoms with van der Waals surface area (Å²) in [4.78, 5) is 6.49. The Kier molecular flexibility index (Phi) is 3.59. The van der Waals surface area contributed by atoms with Crippen LogP contribution in [0.1, 0.15) is 0 Å². The number of rotatable bonds is 3. The number of nitrogens with one attached hydrogen (secondary N) is 1. The lowest BCUT2D eigenvalue weighted by Gasteiger charge is -2.40. The van der Waals surface area contributed by atoms with Gasteiger partial charge in [-0.3, -0.25) is 5.10 Å². The number of anilines is 1. The van der Waals surface area contributed by atoms with Crippen LogP contribution in [0.25, 0.3) is 22.4 Å². The van der Waals surface area contributed by atoms with E-state index in [0.717, 1.165) is 17.7 Å². The Balaban J connectivity index is 1.38. The number of phenols is 1. The third kappa shape index (κ3) is 2.63. The molecule has 4 heterocycles. The van der Waals surface area contributed by atoms with Crippen LogP contribution in [0.15, 0.2) is 36.8 Å². The van der Waals surface area contributed by atoms with Crippen LogP contribution in [0.3, 0.4) is 0 Å². The maximum atomic E-state index is 10.4. The van der Waals surface area contributed by atoms with Gasteiger partial charge in [0.25, 0.3) is 0 Å². The van der Waals surface area contributed by atoms with Crippen LogP contribution < -0.4 is 10.6 Å². The number of ether oxygens (including phenoxy) is 1. The predicted octanol–water partition coefficient (Wildman–Crippen LogP) is 0.798. The first kappa shape index (κ1) is 16.2. The molecule has 2 aliphatic rings. The van der Waals surface area contributed by atoms with E-state index < -0.39 is 0 Å². The Hall–Kier alpha value is -3.04. The van der Waals surface area contributed by atoms with Gasteiger partial charge in [0.2, 0.25) is 5.95 Å². The molecule has 1 spiro atoms. The largest absolute Gasteiger partial charge is 0.507 e. The van der Waals surface area contributed by atoms with Crippen LogP contribution in [0.5, 0.6) is 5.75 Å². The third-order valence-electron chi connectivity index (χ3n) is 5.43. The number of aromatic nitrogens is 5. The van der Waals surface area contributed by atoms with Gasteiger partial charge in [-0.15, -0.1) is 10.2 Å². The van der Waals surface area contributed by atoms with E-state index in [0.29, 0.717) is 37.0 Å². The number of H-pyrrole nitrogens is 1. The van der Waals surface area contributed by atoms with Crippen molar-refractivity contribution in [2.45, 2.75) is 6.04 Å². The van der Waals surface area contributed by atoms with Crippen molar-refractivity contribution in [1.82, 2.24) is 25.4 Å². The van der Waals surface area contributed by atoms with E-state index in [1.807, 2.05) is 11.0 Å². The van der Waals surface area contributed by atoms with Gasteiger partial charge in [0.1, 0.15) is 11.4 Å². The Morgan fingerprint density at radius 2 is 2.11 bits per heavy atom. The number of nitrogens with zero attached hydrogens (tertiary/aromatic N) is 5. The summed E-state index contributed by atoms with van der Waals surface area (Å²) in [6.07, 6.45) is 5.10. The van der Waals surface area contributed by atoms with Crippen LogP contribution in [0.2, 0.25) is 0 Å². The van der Waals surface area contributed by atoms with Crippen LogP contribution in [-0.2, 0) is 4.74 Å². The molecule has 9 nitrogen and oxygen atoms in total. The second kappa shape index (κ2) is 6.00. The first-order valence-corrected chi connectivity index (χ1v) is 8.75. The molecule has 2 fully saturated rings. The molecule has 1 atom stereocenters. The molecule has 0 aliphatic carbocycles. The quantitative estimate of drug-likeness (QED) is 0.622. The number of phenolic OH excluding ortho intramolecular Hbond substituents is 1. The second-order valence-corrected chi connectivity index (χ2v) is 7.20. The first-order chi connectivity index (χ1) is 13.1. The van der Waals surface area contributed by atoms with Crippen molar-refractivity contribution in [2.75, 3.05) is 31.2 Å². The summed E-state index contributed by atoms with van der Waals surface area (Å²) in [5.41, 5.74) is 9.13. The maximum absolute atomic E-state index is 10.4. The van der Waals surface area contributed by atoms with Gasteiger partial charge in [0.05, 0.1) is 31.0 Å². The lowest BCUT2D eigenvalue weighted by Crippen LogP contribution is -2.54. The van der Waals surface area contributed by atoms with Gasteiger partial charge < -0.3 is 20.5 Å². The molecule has 1 unspecified atom stereocenters. The fourth-order valence-corrected chi connectivity index (χ4v) is 3.69. The van der Waals surface area contributed by atoms with E-state index in [2.05, 4.69) is 25.4 Å². The zero-order valence-corrected chi connectivity index (χ0v) is 14.5. The fraction of sp³-hybridized carbons (Fsp3) is 0.333. The van der Waals surface area contributed by atoms with Gasteiger partial charge in [-0.05, 0) is 17.7 Å². The number of hydrogen-bond donors (Lipinski definition) is 3. The van der Waals surface area contributed by atoms with Gasteiger partial charge in [-0.1, -0.05) is 6.07 Å². The lowest BCUT2D eigenvalue weighted by atomic mass is 9.82. The highest BCUT2D eigenvalue weighted by molar-refractivity contribution is 5.73. The Morgan fingerprint density at radius 1 is 1.22 bits per heavy atom. The number of aromatic amines is 1. The molecule has 0 saturated carbocycles. The summed E-state index contributed by atoms with van der Waals surface area (Å²) in [6, 6.07) is 5.43. The molecule has 0 amide bonds. The van der Waals surface area contributed by atoms with Gasteiger partial charge in [0.15, 0.2) is 0 Å². The third-order valence-corrected chi connectivity index (χ3v) is 5.43. The summed E-state index contributed by atoms with van der Waals surface area (Å²) >= 11 is 0. The number of hydrogen-bond acceptors (Lipinski definition) is 8. The SMILES string of the molecule is NC1CN(c2ncc(-c3ccc(-c4cn[nH]c4)cc3O)nn2)CC12COC2. The molecule has 4 N–H and O–H groups in total. The molecule has 138 valence electrons. The van der Waals surface area contributed by atoms with E-state index in [9.17, 15) is 5.11 Å². The van der Waals surface area contributed by atoms with Crippen LogP contribution in [0, 0.1) is 5.41 Å². The summed E-state index contributed by atoms with van der Waals surface area (Å²) in [7, 11) is 0. The molecule has 5 rings (SSSR count). The average molecular weight is 365 g/mol. The van der Waals surface area contributed by atoms with Gasteiger partial charge >= 0.3 is 0 Å². The zero-order chi connectivity index (χ0) is 18.4. The summed E-state index contributed by atoms with van der Waals surface area (Å²) in [5.74, 6) is 0.666. The highest BCUT2D eigenvalue weighted by Crippen LogP contribution is 2.38. The van der Waals surface area contributed by atoms with Crippen LogP contribution in [0.4, 0.5) is 5.95 Å². The summed E-state index contributed by atoms with van der Waals surface area (Å²) < 4.78 is 5.34. The van der Waals surface area contributed by atoms with Crippen molar-refractivity contribution in [3.63, 3.8) is 0 Å². The molecule has 9 heteroatoms. The molecule has 2 saturated heterocycles. The molecular formula is C18H19N7O2. The minimum Gasteiger partial charge on any atom is -0.507 e. The summed E-state index contributed by atoms with van der Waals surface area (Å²) in [6.45, 7) is 2.84. The van der Waals surface area contributed by atoms with E-state index in [4.69, 9.17) is 10.5 Å². The predicted molar refractivity (Wildman–Crippen MR) is 97.9 cm³/mol. The van der Waals surface area contributed by atoms with Crippen molar-refractivity contribution in [1.29, 1.82) is 0 Å². The van der Waals surface area contributed by atoms with Crippen molar-refractivity contribution in [3.05, 3.63) is 36.8 Å². The van der Waals surface area contributed by atoms with Gasteiger partial charge in [-0.25, -0.2) is 4.98 Å². The highest BCUT2D eigenvalue weighted by Gasteiger charge is 2.51. The number of aromatic hydroxyl groups is 1. The maximum Gasteiger partial charge on any atom is 0.245 e. The van der Waals surface area contributed by atoms with E-state index in [-0.39, 0.29) is 17.2 Å². The molecule has 3 aromatic rings. The smallest absolute Gasteiger partial charge is 0.245 e. The molecule has 1 aromatic carbocycles. The van der Waals surface area contributed by atoms with E-state index in [1.165, 1.54) is 0 Å². The molecule has 0 radical (unpaired) electrons. The average Bonchev–Trinajstić information content (AvgIpc) is 3.29. The van der Waals surface area contributed by atoms with Crippen molar-refractivity contribution in [2.24, 2.45) is 11.1 Å². The number of nitrogens with two attached hydrogens (primary N) is 1. The van der Waals surface area contributed by atoms with Crippen molar-refractivity contribution < 1.29 is 9.84 Å². The van der Waals surface area contributed by atoms with Crippen molar-refractivity contribution in [3.8, 4) is 28.1 Å². The molecule has 0 bridgehead atoms. The minimum atomic E-state index is 0.0171. The monoisotopic (exact) mass is 365 g/mol. The van der Waals surface area contributed by atoms with Crippen LogP contribution >= 0.6 is 0 Å². The van der Waals surface area contributed by atoms with Crippen LogP contribution in [-0.4, -0.2) is 62.8 Å².